The highest BCUT2D eigenvalue weighted by Gasteiger charge is 2.29. The number of benzene rings is 3. The summed E-state index contributed by atoms with van der Waals surface area (Å²) in [5.74, 6) is 1.27. The second kappa shape index (κ2) is 10.2. The fourth-order valence-electron chi connectivity index (χ4n) is 4.79. The van der Waals surface area contributed by atoms with Crippen LogP contribution in [0.15, 0.2) is 72.8 Å². The minimum absolute atomic E-state index is 0.118. The van der Waals surface area contributed by atoms with Gasteiger partial charge in [-0.15, -0.1) is 0 Å². The van der Waals surface area contributed by atoms with Gasteiger partial charge < -0.3 is 9.64 Å². The van der Waals surface area contributed by atoms with E-state index in [-0.39, 0.29) is 11.9 Å². The third kappa shape index (κ3) is 4.96. The predicted octanol–water partition coefficient (Wildman–Crippen LogP) is 5.67. The molecule has 0 atom stereocenters. The summed E-state index contributed by atoms with van der Waals surface area (Å²) in [7, 11) is 1.69. The number of rotatable bonds is 6. The maximum absolute atomic E-state index is 13.5. The molecule has 1 aliphatic heterocycles. The van der Waals surface area contributed by atoms with Crippen LogP contribution in [0.4, 0.5) is 0 Å². The monoisotopic (exact) mass is 442 g/mol. The first-order valence-corrected chi connectivity index (χ1v) is 11.8. The van der Waals surface area contributed by atoms with Crippen LogP contribution in [0, 0.1) is 6.92 Å². The number of hydrogen-bond donors (Lipinski definition) is 0. The molecule has 0 unspecified atom stereocenters. The Bertz CT molecular complexity index is 1030. The molecule has 1 fully saturated rings. The van der Waals surface area contributed by atoms with Crippen molar-refractivity contribution in [3.63, 3.8) is 0 Å². The van der Waals surface area contributed by atoms with Gasteiger partial charge in [0.15, 0.2) is 0 Å². The SMILES string of the molecule is COc1cc(C)c(C(=O)N2CCN(C(c3ccccc3)c3ccccc3)CC2)cc1C(C)C. The first-order valence-electron chi connectivity index (χ1n) is 11.8. The van der Waals surface area contributed by atoms with Crippen LogP contribution in [0.5, 0.6) is 5.75 Å². The summed E-state index contributed by atoms with van der Waals surface area (Å²) in [4.78, 5) is 18.0. The average Bonchev–Trinajstić information content (AvgIpc) is 2.85. The quantitative estimate of drug-likeness (QED) is 0.493. The molecule has 1 heterocycles. The van der Waals surface area contributed by atoms with Crippen molar-refractivity contribution in [1.29, 1.82) is 0 Å². The average molecular weight is 443 g/mol. The van der Waals surface area contributed by atoms with Crippen LogP contribution in [0.25, 0.3) is 0 Å². The number of amides is 1. The zero-order valence-electron chi connectivity index (χ0n) is 20.1. The van der Waals surface area contributed by atoms with Gasteiger partial charge in [0.25, 0.3) is 5.91 Å². The van der Waals surface area contributed by atoms with Gasteiger partial charge in [-0.05, 0) is 47.2 Å². The summed E-state index contributed by atoms with van der Waals surface area (Å²) < 4.78 is 5.56. The van der Waals surface area contributed by atoms with Crippen molar-refractivity contribution >= 4 is 5.91 Å². The lowest BCUT2D eigenvalue weighted by Gasteiger charge is -2.40. The lowest BCUT2D eigenvalue weighted by atomic mass is 9.95. The molecule has 3 aromatic rings. The van der Waals surface area contributed by atoms with Crippen molar-refractivity contribution in [2.75, 3.05) is 33.3 Å². The molecular weight excluding hydrogens is 408 g/mol. The number of aryl methyl sites for hydroxylation is 1. The Morgan fingerprint density at radius 2 is 1.39 bits per heavy atom. The molecule has 0 bridgehead atoms. The maximum atomic E-state index is 13.5. The Labute approximate surface area is 197 Å². The topological polar surface area (TPSA) is 32.8 Å². The van der Waals surface area contributed by atoms with Gasteiger partial charge in [-0.2, -0.15) is 0 Å². The van der Waals surface area contributed by atoms with Crippen LogP contribution < -0.4 is 4.74 Å². The summed E-state index contributed by atoms with van der Waals surface area (Å²) in [5.41, 5.74) is 5.41. The number of ether oxygens (including phenoxy) is 1. The minimum Gasteiger partial charge on any atom is -0.496 e. The van der Waals surface area contributed by atoms with Crippen LogP contribution in [-0.2, 0) is 0 Å². The van der Waals surface area contributed by atoms with Crippen molar-refractivity contribution in [3.8, 4) is 5.75 Å². The molecule has 1 aliphatic rings. The first-order chi connectivity index (χ1) is 16.0. The minimum atomic E-state index is 0.118. The number of carbonyl (C=O) groups is 1. The Hall–Kier alpha value is -3.11. The van der Waals surface area contributed by atoms with Crippen molar-refractivity contribution in [2.45, 2.75) is 32.7 Å². The normalized spacial score (nSPS) is 14.7. The summed E-state index contributed by atoms with van der Waals surface area (Å²) in [6.45, 7) is 9.38. The van der Waals surface area contributed by atoms with E-state index in [0.29, 0.717) is 5.92 Å². The van der Waals surface area contributed by atoms with Crippen molar-refractivity contribution in [2.24, 2.45) is 0 Å². The standard InChI is InChI=1S/C29H34N2O2/c1-21(2)25-20-26(22(3)19-27(25)33-4)29(32)31-17-15-30(16-18-31)28(23-11-7-5-8-12-23)24-13-9-6-10-14-24/h5-14,19-21,28H,15-18H2,1-4H3. The number of methoxy groups -OCH3 is 1. The molecule has 172 valence electrons. The van der Waals surface area contributed by atoms with Crippen LogP contribution >= 0.6 is 0 Å². The second-order valence-corrected chi connectivity index (χ2v) is 9.12. The van der Waals surface area contributed by atoms with Gasteiger partial charge in [-0.3, -0.25) is 9.69 Å². The molecule has 4 rings (SSSR count). The molecule has 0 aromatic heterocycles. The van der Waals surface area contributed by atoms with Crippen molar-refractivity contribution in [1.82, 2.24) is 9.80 Å². The number of nitrogens with zero attached hydrogens (tertiary/aromatic N) is 2. The Morgan fingerprint density at radius 3 is 1.88 bits per heavy atom. The molecule has 0 spiro atoms. The van der Waals surface area contributed by atoms with E-state index in [1.165, 1.54) is 11.1 Å². The lowest BCUT2D eigenvalue weighted by Crippen LogP contribution is -2.50. The van der Waals surface area contributed by atoms with Gasteiger partial charge in [0.1, 0.15) is 5.75 Å². The lowest BCUT2D eigenvalue weighted by molar-refractivity contribution is 0.0596. The largest absolute Gasteiger partial charge is 0.496 e. The van der Waals surface area contributed by atoms with Crippen molar-refractivity contribution in [3.05, 3.63) is 101 Å². The number of carbonyl (C=O) groups excluding carboxylic acids is 1. The van der Waals surface area contributed by atoms with Crippen LogP contribution in [0.1, 0.15) is 58.4 Å². The molecule has 3 aromatic carbocycles. The highest BCUT2D eigenvalue weighted by Crippen LogP contribution is 2.32. The Balaban J connectivity index is 1.53. The van der Waals surface area contributed by atoms with Crippen LogP contribution in [0.3, 0.4) is 0 Å². The summed E-state index contributed by atoms with van der Waals surface area (Å²) >= 11 is 0. The van der Waals surface area contributed by atoms with E-state index in [1.54, 1.807) is 7.11 Å². The smallest absolute Gasteiger partial charge is 0.254 e. The molecule has 0 N–H and O–H groups in total. The summed E-state index contributed by atoms with van der Waals surface area (Å²) in [5, 5.41) is 0. The van der Waals surface area contributed by atoms with Crippen LogP contribution in [-0.4, -0.2) is 49.0 Å². The molecule has 33 heavy (non-hydrogen) atoms. The molecule has 0 aliphatic carbocycles. The zero-order chi connectivity index (χ0) is 23.4. The molecule has 1 amide bonds. The summed E-state index contributed by atoms with van der Waals surface area (Å²) in [6, 6.07) is 25.5. The third-order valence-electron chi connectivity index (χ3n) is 6.63. The zero-order valence-corrected chi connectivity index (χ0v) is 20.1. The number of hydrogen-bond acceptors (Lipinski definition) is 3. The molecule has 0 radical (unpaired) electrons. The Kier molecular flexibility index (Phi) is 7.14. The van der Waals surface area contributed by atoms with Gasteiger partial charge >= 0.3 is 0 Å². The predicted molar refractivity (Wildman–Crippen MR) is 134 cm³/mol. The third-order valence-corrected chi connectivity index (χ3v) is 6.63. The van der Waals surface area contributed by atoms with Gasteiger partial charge in [0.2, 0.25) is 0 Å². The fourth-order valence-corrected chi connectivity index (χ4v) is 4.79. The van der Waals surface area contributed by atoms with Gasteiger partial charge in [-0.1, -0.05) is 74.5 Å². The fraction of sp³-hybridized carbons (Fsp3) is 0.345. The summed E-state index contributed by atoms with van der Waals surface area (Å²) in [6.07, 6.45) is 0. The molecule has 4 heteroatoms. The van der Waals surface area contributed by atoms with E-state index in [1.807, 2.05) is 24.0 Å². The molecule has 4 nitrogen and oxygen atoms in total. The van der Waals surface area contributed by atoms with E-state index >= 15 is 0 Å². The van der Waals surface area contributed by atoms with E-state index in [0.717, 1.165) is 48.6 Å². The van der Waals surface area contributed by atoms with Gasteiger partial charge in [0, 0.05) is 31.7 Å². The first kappa shape index (κ1) is 23.1. The van der Waals surface area contributed by atoms with Crippen molar-refractivity contribution < 1.29 is 9.53 Å². The van der Waals surface area contributed by atoms with E-state index in [2.05, 4.69) is 79.4 Å². The highest BCUT2D eigenvalue weighted by atomic mass is 16.5. The van der Waals surface area contributed by atoms with E-state index < -0.39 is 0 Å². The molecule has 1 saturated heterocycles. The molecular formula is C29H34N2O2. The highest BCUT2D eigenvalue weighted by molar-refractivity contribution is 5.96. The van der Waals surface area contributed by atoms with E-state index in [4.69, 9.17) is 4.74 Å². The van der Waals surface area contributed by atoms with Gasteiger partial charge in [-0.25, -0.2) is 0 Å². The van der Waals surface area contributed by atoms with Gasteiger partial charge in [0.05, 0.1) is 13.2 Å². The Morgan fingerprint density at radius 1 is 0.848 bits per heavy atom. The number of piperazine rings is 1. The van der Waals surface area contributed by atoms with Crippen LogP contribution in [0.2, 0.25) is 0 Å². The molecule has 0 saturated carbocycles. The van der Waals surface area contributed by atoms with E-state index in [9.17, 15) is 4.79 Å². The maximum Gasteiger partial charge on any atom is 0.254 e. The second-order valence-electron chi connectivity index (χ2n) is 9.12.